The van der Waals surface area contributed by atoms with Crippen LogP contribution in [0.25, 0.3) is 10.8 Å². The van der Waals surface area contributed by atoms with Crippen molar-refractivity contribution in [2.24, 2.45) is 16.9 Å². The molecule has 5 N–H and O–H groups in total. The SMILES string of the molecule is COc1ccc2cc(C(=O)NCCC(=O)N3CCC(C(=O)[O-])(C(=O)[O-])CC3)ccc2c1.N[C@@H]1CCCC[C@H]1N.[Pt+2]. The molecular formula is C28H36N4O7Pt. The number of amides is 2. The Morgan fingerprint density at radius 3 is 2.02 bits per heavy atom. The average Bonchev–Trinajstić information content (AvgIpc) is 2.94. The number of benzene rings is 2. The summed E-state index contributed by atoms with van der Waals surface area (Å²) in [4.78, 5) is 48.5. The first-order chi connectivity index (χ1) is 18.6. The van der Waals surface area contributed by atoms with Crippen molar-refractivity contribution >= 4 is 34.5 Å². The van der Waals surface area contributed by atoms with Gasteiger partial charge in [0, 0.05) is 43.7 Å². The van der Waals surface area contributed by atoms with Crippen LogP contribution in [0.1, 0.15) is 55.3 Å². The Hall–Kier alpha value is -3.01. The normalized spacial score (nSPS) is 19.8. The number of methoxy groups -OCH3 is 1. The molecule has 0 radical (unpaired) electrons. The first-order valence-corrected chi connectivity index (χ1v) is 13.1. The number of nitrogens with one attached hydrogen (secondary N) is 1. The molecule has 0 bridgehead atoms. The molecule has 4 rings (SSSR count). The van der Waals surface area contributed by atoms with Gasteiger partial charge in [0.1, 0.15) is 5.75 Å². The van der Waals surface area contributed by atoms with E-state index in [2.05, 4.69) is 5.32 Å². The van der Waals surface area contributed by atoms with Crippen molar-refractivity contribution in [3.63, 3.8) is 0 Å². The van der Waals surface area contributed by atoms with Crippen LogP contribution in [0.2, 0.25) is 0 Å². The number of carboxylic acid groups (broad SMARTS) is 2. The van der Waals surface area contributed by atoms with Crippen molar-refractivity contribution in [1.29, 1.82) is 0 Å². The number of rotatable bonds is 7. The molecule has 1 aliphatic heterocycles. The largest absolute Gasteiger partial charge is 2.00 e. The third-order valence-electron chi connectivity index (χ3n) is 7.56. The summed E-state index contributed by atoms with van der Waals surface area (Å²) in [6.07, 6.45) is 4.28. The predicted octanol–water partition coefficient (Wildman–Crippen LogP) is -0.711. The number of piperidine rings is 1. The zero-order valence-electron chi connectivity index (χ0n) is 22.5. The maximum atomic E-state index is 12.4. The summed E-state index contributed by atoms with van der Waals surface area (Å²) < 4.78 is 5.18. The number of carbonyl (C=O) groups excluding carboxylic acids is 4. The van der Waals surface area contributed by atoms with Crippen LogP contribution in [0.4, 0.5) is 0 Å². The molecule has 2 aromatic rings. The van der Waals surface area contributed by atoms with Gasteiger partial charge in [-0.2, -0.15) is 0 Å². The van der Waals surface area contributed by atoms with E-state index in [-0.39, 0.29) is 83.9 Å². The summed E-state index contributed by atoms with van der Waals surface area (Å²) in [6, 6.07) is 11.3. The maximum Gasteiger partial charge on any atom is 2.00 e. The molecule has 220 valence electrons. The van der Waals surface area contributed by atoms with Gasteiger partial charge >= 0.3 is 21.1 Å². The molecule has 1 aliphatic carbocycles. The van der Waals surface area contributed by atoms with Gasteiger partial charge in [0.2, 0.25) is 5.91 Å². The van der Waals surface area contributed by atoms with E-state index in [9.17, 15) is 29.4 Å². The van der Waals surface area contributed by atoms with Crippen molar-refractivity contribution in [3.8, 4) is 5.75 Å². The van der Waals surface area contributed by atoms with Gasteiger partial charge in [-0.3, -0.25) is 9.59 Å². The molecule has 0 aromatic heterocycles. The molecule has 2 fully saturated rings. The molecule has 40 heavy (non-hydrogen) atoms. The Morgan fingerprint density at radius 1 is 0.950 bits per heavy atom. The average molecular weight is 736 g/mol. The minimum atomic E-state index is -2.06. The Balaban J connectivity index is 0.000000535. The minimum absolute atomic E-state index is 0. The number of nitrogens with zero attached hydrogens (tertiary/aromatic N) is 1. The molecule has 2 aliphatic rings. The number of aliphatic carboxylic acids is 2. The number of nitrogens with two attached hydrogens (primary N) is 2. The van der Waals surface area contributed by atoms with Gasteiger partial charge in [-0.15, -0.1) is 0 Å². The summed E-state index contributed by atoms with van der Waals surface area (Å²) >= 11 is 0. The van der Waals surface area contributed by atoms with Gasteiger partial charge in [0.15, 0.2) is 0 Å². The standard InChI is InChI=1S/C22H24N2O7.C6H14N2.Pt/c1-31-17-5-4-14-12-16(3-2-15(14)13-17)19(26)23-9-6-18(25)24-10-7-22(8-11-24,20(27)28)21(29)30;7-5-3-1-2-4-6(5)8;/h2-5,12-13H,6-11H2,1H3,(H,23,26)(H,27,28)(H,29,30);5-6H,1-4,7-8H2;/q;;+2/p-2/t;5-,6-;/m.1./s1. The Morgan fingerprint density at radius 2 is 1.50 bits per heavy atom. The molecule has 0 unspecified atom stereocenters. The topological polar surface area (TPSA) is 191 Å². The van der Waals surface area contributed by atoms with Crippen LogP contribution in [0.5, 0.6) is 5.75 Å². The van der Waals surface area contributed by atoms with Crippen LogP contribution in [0.15, 0.2) is 36.4 Å². The number of fused-ring (bicyclic) bond motifs is 1. The Bertz CT molecular complexity index is 1170. The van der Waals surface area contributed by atoms with Crippen molar-refractivity contribution in [3.05, 3.63) is 42.0 Å². The molecule has 1 saturated heterocycles. The number of hydrogen-bond acceptors (Lipinski definition) is 9. The quantitative estimate of drug-likeness (QED) is 0.309. The molecular weight excluding hydrogens is 699 g/mol. The zero-order valence-corrected chi connectivity index (χ0v) is 24.7. The van der Waals surface area contributed by atoms with Gasteiger partial charge in [-0.05, 0) is 60.7 Å². The van der Waals surface area contributed by atoms with Crippen molar-refractivity contribution in [2.75, 3.05) is 26.7 Å². The third kappa shape index (κ3) is 8.25. The summed E-state index contributed by atoms with van der Waals surface area (Å²) in [6.45, 7) is 0.0483. The molecule has 1 saturated carbocycles. The Kier molecular flexibility index (Phi) is 12.5. The molecule has 2 atom stereocenters. The molecule has 12 heteroatoms. The molecule has 11 nitrogen and oxygen atoms in total. The first kappa shape index (κ1) is 33.2. The number of carboxylic acids is 2. The van der Waals surface area contributed by atoms with E-state index < -0.39 is 17.4 Å². The molecule has 2 aromatic carbocycles. The van der Waals surface area contributed by atoms with E-state index >= 15 is 0 Å². The number of likely N-dealkylation sites (tertiary alicyclic amines) is 1. The summed E-state index contributed by atoms with van der Waals surface area (Å²) in [5, 5.41) is 26.9. The van der Waals surface area contributed by atoms with Crippen LogP contribution >= 0.6 is 0 Å². The zero-order chi connectivity index (χ0) is 28.6. The summed E-state index contributed by atoms with van der Waals surface area (Å²) in [7, 11) is 1.58. The van der Waals surface area contributed by atoms with Gasteiger partial charge < -0.3 is 46.2 Å². The van der Waals surface area contributed by atoms with Gasteiger partial charge in [0.05, 0.1) is 24.5 Å². The van der Waals surface area contributed by atoms with Crippen molar-refractivity contribution in [1.82, 2.24) is 10.2 Å². The number of ether oxygens (including phenoxy) is 1. The summed E-state index contributed by atoms with van der Waals surface area (Å²) in [5.74, 6) is -3.29. The second-order valence-corrected chi connectivity index (χ2v) is 10.1. The maximum absolute atomic E-state index is 12.4. The van der Waals surface area contributed by atoms with Crippen LogP contribution in [0.3, 0.4) is 0 Å². The Labute approximate surface area is 247 Å². The van der Waals surface area contributed by atoms with E-state index in [0.717, 1.165) is 29.4 Å². The molecule has 0 spiro atoms. The van der Waals surface area contributed by atoms with Crippen LogP contribution in [-0.4, -0.2) is 67.5 Å². The second-order valence-electron chi connectivity index (χ2n) is 10.1. The van der Waals surface area contributed by atoms with E-state index in [1.54, 1.807) is 25.3 Å². The van der Waals surface area contributed by atoms with Crippen molar-refractivity contribution < 1.29 is 55.2 Å². The number of carbonyl (C=O) groups is 4. The van der Waals surface area contributed by atoms with Crippen LogP contribution in [0, 0.1) is 5.41 Å². The first-order valence-electron chi connectivity index (χ1n) is 13.1. The predicted molar refractivity (Wildman–Crippen MR) is 140 cm³/mol. The smallest absolute Gasteiger partial charge is 0.549 e. The van der Waals surface area contributed by atoms with Gasteiger partial charge in [-0.1, -0.05) is 25.0 Å². The van der Waals surface area contributed by atoms with E-state index in [1.807, 2.05) is 18.2 Å². The van der Waals surface area contributed by atoms with Crippen LogP contribution < -0.4 is 31.7 Å². The van der Waals surface area contributed by atoms with Crippen LogP contribution in [-0.2, 0) is 35.4 Å². The van der Waals surface area contributed by atoms with Gasteiger partial charge in [-0.25, -0.2) is 0 Å². The minimum Gasteiger partial charge on any atom is -0.549 e. The van der Waals surface area contributed by atoms with E-state index in [1.165, 1.54) is 17.7 Å². The molecule has 2 amide bonds. The van der Waals surface area contributed by atoms with E-state index in [4.69, 9.17) is 16.2 Å². The molecule has 1 heterocycles. The fourth-order valence-corrected chi connectivity index (χ4v) is 4.85. The number of hydrogen-bond donors (Lipinski definition) is 3. The van der Waals surface area contributed by atoms with E-state index in [0.29, 0.717) is 5.56 Å². The fraction of sp³-hybridized carbons (Fsp3) is 0.500. The second kappa shape index (κ2) is 15.1. The van der Waals surface area contributed by atoms with Gasteiger partial charge in [0.25, 0.3) is 5.91 Å². The summed E-state index contributed by atoms with van der Waals surface area (Å²) in [5.41, 5.74) is 9.70. The monoisotopic (exact) mass is 735 g/mol. The third-order valence-corrected chi connectivity index (χ3v) is 7.56. The fourth-order valence-electron chi connectivity index (χ4n) is 4.85. The van der Waals surface area contributed by atoms with Crippen molar-refractivity contribution in [2.45, 2.75) is 57.0 Å².